The van der Waals surface area contributed by atoms with E-state index in [-0.39, 0.29) is 5.91 Å². The molecule has 2 aromatic rings. The van der Waals surface area contributed by atoms with Gasteiger partial charge in [0, 0.05) is 16.9 Å². The number of amides is 1. The van der Waals surface area contributed by atoms with Crippen molar-refractivity contribution in [1.82, 2.24) is 0 Å². The molecule has 7 heteroatoms. The third-order valence-electron chi connectivity index (χ3n) is 5.08. The molecule has 0 aromatic heterocycles. The number of carbonyl (C=O) groups is 1. The fraction of sp³-hybridized carbons (Fsp3) is 0.409. The van der Waals surface area contributed by atoms with Crippen molar-refractivity contribution in [2.24, 2.45) is 0 Å². The molecule has 29 heavy (non-hydrogen) atoms. The summed E-state index contributed by atoms with van der Waals surface area (Å²) in [5.74, 6) is 0.574. The molecule has 0 radical (unpaired) electrons. The number of hydrogen-bond donors (Lipinski definition) is 2. The molecule has 2 aromatic carbocycles. The molecule has 0 heterocycles. The molecule has 1 fully saturated rings. The number of aryl methyl sites for hydroxylation is 1. The average molecular weight is 417 g/mol. The molecule has 6 nitrogen and oxygen atoms in total. The van der Waals surface area contributed by atoms with Crippen LogP contribution in [0.25, 0.3) is 0 Å². The van der Waals surface area contributed by atoms with Crippen molar-refractivity contribution in [3.05, 3.63) is 53.6 Å². The lowest BCUT2D eigenvalue weighted by atomic mass is 10.1. The third-order valence-corrected chi connectivity index (χ3v) is 6.84. The summed E-state index contributed by atoms with van der Waals surface area (Å²) >= 11 is 0. The first-order valence-corrected chi connectivity index (χ1v) is 11.5. The van der Waals surface area contributed by atoms with Crippen LogP contribution in [0.2, 0.25) is 0 Å². The van der Waals surface area contributed by atoms with Gasteiger partial charge in [-0.3, -0.25) is 9.52 Å². The normalized spacial score (nSPS) is 14.8. The Morgan fingerprint density at radius 2 is 1.72 bits per heavy atom. The van der Waals surface area contributed by atoms with E-state index < -0.39 is 15.3 Å². The number of nitrogens with one attached hydrogen (secondary N) is 2. The maximum atomic E-state index is 12.6. The average Bonchev–Trinajstić information content (AvgIpc) is 3.17. The van der Waals surface area contributed by atoms with Gasteiger partial charge < -0.3 is 10.1 Å². The van der Waals surface area contributed by atoms with Crippen LogP contribution in [0, 0.1) is 6.92 Å². The smallest absolute Gasteiger partial charge is 0.255 e. The van der Waals surface area contributed by atoms with Crippen molar-refractivity contribution < 1.29 is 17.9 Å². The number of sulfonamides is 1. The number of rotatable bonds is 7. The largest absolute Gasteiger partial charge is 0.490 e. The summed E-state index contributed by atoms with van der Waals surface area (Å²) < 4.78 is 32.4. The van der Waals surface area contributed by atoms with Gasteiger partial charge >= 0.3 is 0 Å². The van der Waals surface area contributed by atoms with Crippen molar-refractivity contribution in [2.45, 2.75) is 57.8 Å². The van der Waals surface area contributed by atoms with Gasteiger partial charge in [0.15, 0.2) is 0 Å². The van der Waals surface area contributed by atoms with Crippen LogP contribution in [0.15, 0.2) is 42.5 Å². The lowest BCUT2D eigenvalue weighted by Crippen LogP contribution is -2.22. The standard InChI is InChI=1S/C22H28N2O4S/c1-15(2)29(26,27)24-18-10-8-17(9-11-18)22(25)23-21-13-12-20(14-16(21)3)28-19-6-4-5-7-19/h8-15,19,24H,4-7H2,1-3H3,(H,23,25). The van der Waals surface area contributed by atoms with Crippen LogP contribution >= 0.6 is 0 Å². The van der Waals surface area contributed by atoms with Crippen molar-refractivity contribution >= 4 is 27.3 Å². The zero-order valence-corrected chi connectivity index (χ0v) is 17.9. The first kappa shape index (κ1) is 21.2. The van der Waals surface area contributed by atoms with Gasteiger partial charge in [0.05, 0.1) is 11.4 Å². The minimum atomic E-state index is -3.41. The van der Waals surface area contributed by atoms with Crippen molar-refractivity contribution in [1.29, 1.82) is 0 Å². The molecule has 1 amide bonds. The highest BCUT2D eigenvalue weighted by Gasteiger charge is 2.18. The molecule has 0 spiro atoms. The van der Waals surface area contributed by atoms with Crippen LogP contribution in [-0.4, -0.2) is 25.7 Å². The van der Waals surface area contributed by atoms with Crippen LogP contribution in [0.3, 0.4) is 0 Å². The van der Waals surface area contributed by atoms with Crippen molar-refractivity contribution in [3.63, 3.8) is 0 Å². The number of ether oxygens (including phenoxy) is 1. The maximum Gasteiger partial charge on any atom is 0.255 e. The van der Waals surface area contributed by atoms with Crippen LogP contribution in [0.4, 0.5) is 11.4 Å². The molecule has 0 unspecified atom stereocenters. The summed E-state index contributed by atoms with van der Waals surface area (Å²) in [6, 6.07) is 12.0. The second-order valence-corrected chi connectivity index (χ2v) is 9.97. The molecule has 0 atom stereocenters. The predicted octanol–water partition coefficient (Wildman–Crippen LogP) is 4.72. The van der Waals surface area contributed by atoms with Gasteiger partial charge in [-0.15, -0.1) is 0 Å². The Morgan fingerprint density at radius 1 is 1.07 bits per heavy atom. The summed E-state index contributed by atoms with van der Waals surface area (Å²) in [6.07, 6.45) is 4.92. The molecule has 0 aliphatic heterocycles. The Kier molecular flexibility index (Phi) is 6.47. The predicted molar refractivity (Wildman–Crippen MR) is 116 cm³/mol. The van der Waals surface area contributed by atoms with E-state index in [0.717, 1.165) is 29.8 Å². The summed E-state index contributed by atoms with van der Waals surface area (Å²) in [5.41, 5.74) is 2.52. The summed E-state index contributed by atoms with van der Waals surface area (Å²) in [5, 5.41) is 2.37. The Balaban J connectivity index is 1.63. The fourth-order valence-electron chi connectivity index (χ4n) is 3.21. The Labute approximate surface area is 172 Å². The second kappa shape index (κ2) is 8.86. The van der Waals surface area contributed by atoms with Gasteiger partial charge in [-0.1, -0.05) is 0 Å². The maximum absolute atomic E-state index is 12.6. The van der Waals surface area contributed by atoms with E-state index in [1.807, 2.05) is 25.1 Å². The van der Waals surface area contributed by atoms with Gasteiger partial charge in [0.1, 0.15) is 5.75 Å². The fourth-order valence-corrected chi connectivity index (χ4v) is 3.91. The first-order valence-electron chi connectivity index (χ1n) is 9.95. The van der Waals surface area contributed by atoms with E-state index in [2.05, 4.69) is 10.0 Å². The van der Waals surface area contributed by atoms with E-state index in [0.29, 0.717) is 17.4 Å². The molecule has 2 N–H and O–H groups in total. The Morgan fingerprint density at radius 3 is 2.31 bits per heavy atom. The van der Waals surface area contributed by atoms with Crippen molar-refractivity contribution in [3.8, 4) is 5.75 Å². The van der Waals surface area contributed by atoms with Gasteiger partial charge in [-0.25, -0.2) is 8.42 Å². The van der Waals surface area contributed by atoms with Gasteiger partial charge in [0.2, 0.25) is 10.0 Å². The Bertz CT molecular complexity index is 963. The van der Waals surface area contributed by atoms with Gasteiger partial charge in [-0.2, -0.15) is 0 Å². The monoisotopic (exact) mass is 416 g/mol. The zero-order chi connectivity index (χ0) is 21.0. The molecule has 156 valence electrons. The lowest BCUT2D eigenvalue weighted by Gasteiger charge is -2.15. The minimum Gasteiger partial charge on any atom is -0.490 e. The molecular weight excluding hydrogens is 388 g/mol. The molecule has 0 saturated heterocycles. The number of benzene rings is 2. The summed E-state index contributed by atoms with van der Waals surface area (Å²) in [4.78, 5) is 12.6. The highest BCUT2D eigenvalue weighted by molar-refractivity contribution is 7.93. The van der Waals surface area contributed by atoms with Crippen LogP contribution < -0.4 is 14.8 Å². The van der Waals surface area contributed by atoms with E-state index in [9.17, 15) is 13.2 Å². The van der Waals surface area contributed by atoms with E-state index in [4.69, 9.17) is 4.74 Å². The van der Waals surface area contributed by atoms with Crippen LogP contribution in [-0.2, 0) is 10.0 Å². The molecule has 3 rings (SSSR count). The number of hydrogen-bond acceptors (Lipinski definition) is 4. The molecular formula is C22H28N2O4S. The third kappa shape index (κ3) is 5.50. The number of anilines is 2. The van der Waals surface area contributed by atoms with Gasteiger partial charge in [-0.05, 0) is 94.5 Å². The first-order chi connectivity index (χ1) is 13.7. The molecule has 0 bridgehead atoms. The van der Waals surface area contributed by atoms with Gasteiger partial charge in [0.25, 0.3) is 5.91 Å². The minimum absolute atomic E-state index is 0.254. The summed E-state index contributed by atoms with van der Waals surface area (Å²) in [6.45, 7) is 5.15. The van der Waals surface area contributed by atoms with E-state index in [1.165, 1.54) is 12.8 Å². The lowest BCUT2D eigenvalue weighted by molar-refractivity contribution is 0.102. The molecule has 1 aliphatic rings. The highest BCUT2D eigenvalue weighted by Crippen LogP contribution is 2.27. The van der Waals surface area contributed by atoms with Crippen LogP contribution in [0.5, 0.6) is 5.75 Å². The highest BCUT2D eigenvalue weighted by atomic mass is 32.2. The van der Waals surface area contributed by atoms with Crippen molar-refractivity contribution in [2.75, 3.05) is 10.0 Å². The number of carbonyl (C=O) groups excluding carboxylic acids is 1. The van der Waals surface area contributed by atoms with Crippen LogP contribution in [0.1, 0.15) is 55.5 Å². The summed E-state index contributed by atoms with van der Waals surface area (Å²) in [7, 11) is -3.41. The SMILES string of the molecule is Cc1cc(OC2CCCC2)ccc1NC(=O)c1ccc(NS(=O)(=O)C(C)C)cc1. The second-order valence-electron chi connectivity index (χ2n) is 7.73. The molecule has 1 saturated carbocycles. The topological polar surface area (TPSA) is 84.5 Å². The quantitative estimate of drug-likeness (QED) is 0.684. The molecule has 1 aliphatic carbocycles. The zero-order valence-electron chi connectivity index (χ0n) is 17.1. The Hall–Kier alpha value is -2.54. The van der Waals surface area contributed by atoms with E-state index in [1.54, 1.807) is 38.1 Å². The van der Waals surface area contributed by atoms with E-state index >= 15 is 0 Å².